The van der Waals surface area contributed by atoms with E-state index in [1.54, 1.807) is 6.26 Å². The first-order valence-electron chi connectivity index (χ1n) is 3.81. The standard InChI is InChI=1S/C8H10BrNO/c9-8-7(2-4-11-8)6-1-3-10-5-6/h2,4,6,10H,1,3,5H2. The van der Waals surface area contributed by atoms with E-state index in [-0.39, 0.29) is 0 Å². The van der Waals surface area contributed by atoms with Crippen LogP contribution in [0.5, 0.6) is 0 Å². The fourth-order valence-corrected chi connectivity index (χ4v) is 2.08. The molecule has 2 nitrogen and oxygen atoms in total. The zero-order valence-electron chi connectivity index (χ0n) is 6.14. The molecule has 0 radical (unpaired) electrons. The van der Waals surface area contributed by atoms with Gasteiger partial charge in [0.1, 0.15) is 0 Å². The van der Waals surface area contributed by atoms with Gasteiger partial charge in [0, 0.05) is 18.0 Å². The molecule has 1 aromatic heterocycles. The van der Waals surface area contributed by atoms with Gasteiger partial charge >= 0.3 is 0 Å². The maximum absolute atomic E-state index is 5.17. The second-order valence-corrected chi connectivity index (χ2v) is 3.56. The van der Waals surface area contributed by atoms with E-state index in [1.807, 2.05) is 6.07 Å². The molecular weight excluding hydrogens is 206 g/mol. The topological polar surface area (TPSA) is 25.2 Å². The van der Waals surface area contributed by atoms with E-state index < -0.39 is 0 Å². The second-order valence-electron chi connectivity index (χ2n) is 2.84. The van der Waals surface area contributed by atoms with Crippen LogP contribution in [0.15, 0.2) is 21.4 Å². The molecule has 0 amide bonds. The number of halogens is 1. The third-order valence-electron chi connectivity index (χ3n) is 2.15. The molecule has 3 heteroatoms. The van der Waals surface area contributed by atoms with Crippen molar-refractivity contribution in [2.75, 3.05) is 13.1 Å². The fraction of sp³-hybridized carbons (Fsp3) is 0.500. The molecule has 2 heterocycles. The van der Waals surface area contributed by atoms with Gasteiger partial charge in [0.15, 0.2) is 4.67 Å². The van der Waals surface area contributed by atoms with E-state index in [0.717, 1.165) is 17.8 Å². The van der Waals surface area contributed by atoms with Gasteiger partial charge in [-0.2, -0.15) is 0 Å². The smallest absolute Gasteiger partial charge is 0.172 e. The molecule has 0 bridgehead atoms. The van der Waals surface area contributed by atoms with Gasteiger partial charge in [-0.15, -0.1) is 0 Å². The van der Waals surface area contributed by atoms with Crippen LogP contribution in [0.3, 0.4) is 0 Å². The Kier molecular flexibility index (Phi) is 2.00. The lowest BCUT2D eigenvalue weighted by Crippen LogP contribution is -2.07. The first kappa shape index (κ1) is 7.37. The number of hydrogen-bond acceptors (Lipinski definition) is 2. The van der Waals surface area contributed by atoms with Gasteiger partial charge in [-0.3, -0.25) is 0 Å². The Labute approximate surface area is 74.1 Å². The molecule has 1 atom stereocenters. The average Bonchev–Trinajstić information content (AvgIpc) is 2.55. The van der Waals surface area contributed by atoms with Crippen LogP contribution in [0.25, 0.3) is 0 Å². The van der Waals surface area contributed by atoms with E-state index >= 15 is 0 Å². The number of hydrogen-bond donors (Lipinski definition) is 1. The molecule has 0 aromatic carbocycles. The highest BCUT2D eigenvalue weighted by Crippen LogP contribution is 2.29. The molecule has 1 unspecified atom stereocenters. The summed E-state index contributed by atoms with van der Waals surface area (Å²) in [5.74, 6) is 0.642. The number of furan rings is 1. The molecule has 60 valence electrons. The minimum absolute atomic E-state index is 0.642. The van der Waals surface area contributed by atoms with Crippen LogP contribution in [-0.2, 0) is 0 Å². The Balaban J connectivity index is 2.21. The maximum Gasteiger partial charge on any atom is 0.172 e. The summed E-state index contributed by atoms with van der Waals surface area (Å²) >= 11 is 3.38. The average molecular weight is 216 g/mol. The number of rotatable bonds is 1. The summed E-state index contributed by atoms with van der Waals surface area (Å²) in [6.07, 6.45) is 2.95. The molecule has 11 heavy (non-hydrogen) atoms. The first-order valence-corrected chi connectivity index (χ1v) is 4.61. The van der Waals surface area contributed by atoms with Crippen molar-refractivity contribution in [2.45, 2.75) is 12.3 Å². The van der Waals surface area contributed by atoms with E-state index in [4.69, 9.17) is 4.42 Å². The highest BCUT2D eigenvalue weighted by molar-refractivity contribution is 9.10. The third-order valence-corrected chi connectivity index (χ3v) is 2.79. The van der Waals surface area contributed by atoms with Crippen molar-refractivity contribution in [1.82, 2.24) is 5.32 Å². The van der Waals surface area contributed by atoms with E-state index in [0.29, 0.717) is 5.92 Å². The van der Waals surface area contributed by atoms with E-state index in [2.05, 4.69) is 21.2 Å². The lowest BCUT2D eigenvalue weighted by molar-refractivity contribution is 0.532. The summed E-state index contributed by atoms with van der Waals surface area (Å²) in [7, 11) is 0. The maximum atomic E-state index is 5.17. The van der Waals surface area contributed by atoms with Crippen LogP contribution in [0, 0.1) is 0 Å². The predicted octanol–water partition coefficient (Wildman–Crippen LogP) is 2.12. The summed E-state index contributed by atoms with van der Waals surface area (Å²) in [5, 5.41) is 3.33. The minimum atomic E-state index is 0.642. The van der Waals surface area contributed by atoms with Crippen molar-refractivity contribution >= 4 is 15.9 Å². The Morgan fingerprint density at radius 3 is 3.09 bits per heavy atom. The van der Waals surface area contributed by atoms with Gasteiger partial charge in [0.2, 0.25) is 0 Å². The van der Waals surface area contributed by atoms with Crippen molar-refractivity contribution in [3.8, 4) is 0 Å². The van der Waals surface area contributed by atoms with Gasteiger partial charge < -0.3 is 9.73 Å². The van der Waals surface area contributed by atoms with Gasteiger partial charge in [-0.05, 0) is 35.0 Å². The Bertz CT molecular complexity index is 240. The van der Waals surface area contributed by atoms with Gasteiger partial charge in [-0.25, -0.2) is 0 Å². The quantitative estimate of drug-likeness (QED) is 0.777. The highest BCUT2D eigenvalue weighted by atomic mass is 79.9. The highest BCUT2D eigenvalue weighted by Gasteiger charge is 2.19. The number of nitrogens with one attached hydrogen (secondary N) is 1. The fourth-order valence-electron chi connectivity index (χ4n) is 1.52. The van der Waals surface area contributed by atoms with E-state index in [9.17, 15) is 0 Å². The van der Waals surface area contributed by atoms with Crippen molar-refractivity contribution in [3.05, 3.63) is 22.6 Å². The predicted molar refractivity (Wildman–Crippen MR) is 46.6 cm³/mol. The molecule has 0 aliphatic carbocycles. The lowest BCUT2D eigenvalue weighted by atomic mass is 10.0. The summed E-state index contributed by atoms with van der Waals surface area (Å²) in [6.45, 7) is 2.21. The summed E-state index contributed by atoms with van der Waals surface area (Å²) in [4.78, 5) is 0. The monoisotopic (exact) mass is 215 g/mol. The Hall–Kier alpha value is -0.280. The molecule has 0 spiro atoms. The van der Waals surface area contributed by atoms with Crippen LogP contribution < -0.4 is 5.32 Å². The molecule has 2 rings (SSSR count). The molecule has 0 saturated carbocycles. The van der Waals surface area contributed by atoms with E-state index in [1.165, 1.54) is 12.0 Å². The molecule has 1 saturated heterocycles. The van der Waals surface area contributed by atoms with Gasteiger partial charge in [-0.1, -0.05) is 0 Å². The van der Waals surface area contributed by atoms with Crippen molar-refractivity contribution in [1.29, 1.82) is 0 Å². The summed E-state index contributed by atoms with van der Waals surface area (Å²) in [5.41, 5.74) is 1.30. The zero-order valence-corrected chi connectivity index (χ0v) is 7.73. The summed E-state index contributed by atoms with van der Waals surface area (Å²) < 4.78 is 6.06. The molecule has 1 aliphatic heterocycles. The van der Waals surface area contributed by atoms with Crippen LogP contribution in [0.2, 0.25) is 0 Å². The van der Waals surface area contributed by atoms with Crippen molar-refractivity contribution in [3.63, 3.8) is 0 Å². The SMILES string of the molecule is Brc1occc1C1CCNC1. The molecular formula is C8H10BrNO. The van der Waals surface area contributed by atoms with Crippen molar-refractivity contribution in [2.24, 2.45) is 0 Å². The minimum Gasteiger partial charge on any atom is -0.457 e. The molecule has 1 fully saturated rings. The third kappa shape index (κ3) is 1.35. The van der Waals surface area contributed by atoms with Crippen LogP contribution >= 0.6 is 15.9 Å². The molecule has 1 N–H and O–H groups in total. The lowest BCUT2D eigenvalue weighted by Gasteiger charge is -2.03. The van der Waals surface area contributed by atoms with Gasteiger partial charge in [0.25, 0.3) is 0 Å². The first-order chi connectivity index (χ1) is 5.38. The summed E-state index contributed by atoms with van der Waals surface area (Å²) in [6, 6.07) is 2.04. The van der Waals surface area contributed by atoms with Crippen LogP contribution in [0.4, 0.5) is 0 Å². The van der Waals surface area contributed by atoms with Gasteiger partial charge in [0.05, 0.1) is 6.26 Å². The Morgan fingerprint density at radius 1 is 1.64 bits per heavy atom. The molecule has 1 aromatic rings. The second kappa shape index (κ2) is 2.99. The van der Waals surface area contributed by atoms with Crippen molar-refractivity contribution < 1.29 is 4.42 Å². The normalized spacial score (nSPS) is 24.3. The Morgan fingerprint density at radius 2 is 2.55 bits per heavy atom. The molecule has 1 aliphatic rings. The van der Waals surface area contributed by atoms with Crippen LogP contribution in [0.1, 0.15) is 17.9 Å². The zero-order chi connectivity index (χ0) is 7.68. The van der Waals surface area contributed by atoms with Crippen LogP contribution in [-0.4, -0.2) is 13.1 Å². The largest absolute Gasteiger partial charge is 0.457 e.